The molecule has 0 aliphatic carbocycles. The SMILES string of the molecule is NCC1CCCN1C(c1ccccc1)C(F)(F)F. The summed E-state index contributed by atoms with van der Waals surface area (Å²) >= 11 is 0. The van der Waals surface area contributed by atoms with E-state index in [4.69, 9.17) is 5.73 Å². The summed E-state index contributed by atoms with van der Waals surface area (Å²) in [7, 11) is 0. The number of benzene rings is 1. The van der Waals surface area contributed by atoms with Crippen LogP contribution in [0.1, 0.15) is 24.4 Å². The van der Waals surface area contributed by atoms with Gasteiger partial charge in [-0.3, -0.25) is 4.90 Å². The van der Waals surface area contributed by atoms with E-state index in [2.05, 4.69) is 0 Å². The van der Waals surface area contributed by atoms with Crippen LogP contribution < -0.4 is 5.73 Å². The molecule has 5 heteroatoms. The number of rotatable bonds is 3. The van der Waals surface area contributed by atoms with E-state index in [9.17, 15) is 13.2 Å². The summed E-state index contributed by atoms with van der Waals surface area (Å²) < 4.78 is 39.9. The largest absolute Gasteiger partial charge is 0.408 e. The molecule has 18 heavy (non-hydrogen) atoms. The number of nitrogens with two attached hydrogens (primary N) is 1. The molecule has 1 aliphatic rings. The second-order valence-corrected chi connectivity index (χ2v) is 4.62. The van der Waals surface area contributed by atoms with E-state index in [1.807, 2.05) is 0 Å². The highest BCUT2D eigenvalue weighted by Crippen LogP contribution is 2.40. The maximum absolute atomic E-state index is 13.3. The highest BCUT2D eigenvalue weighted by Gasteiger charge is 2.47. The topological polar surface area (TPSA) is 29.3 Å². The average Bonchev–Trinajstić information content (AvgIpc) is 2.77. The van der Waals surface area contributed by atoms with Crippen molar-refractivity contribution in [2.75, 3.05) is 13.1 Å². The number of alkyl halides is 3. The highest BCUT2D eigenvalue weighted by molar-refractivity contribution is 5.21. The van der Waals surface area contributed by atoms with Crippen molar-refractivity contribution < 1.29 is 13.2 Å². The molecule has 0 saturated carbocycles. The van der Waals surface area contributed by atoms with Gasteiger partial charge in [0.05, 0.1) is 0 Å². The zero-order valence-corrected chi connectivity index (χ0v) is 10.0. The smallest absolute Gasteiger partial charge is 0.329 e. The normalized spacial score (nSPS) is 23.2. The molecule has 2 N–H and O–H groups in total. The molecular weight excluding hydrogens is 241 g/mol. The van der Waals surface area contributed by atoms with Gasteiger partial charge in [0.1, 0.15) is 6.04 Å². The van der Waals surface area contributed by atoms with Gasteiger partial charge in [-0.25, -0.2) is 0 Å². The molecule has 1 fully saturated rings. The summed E-state index contributed by atoms with van der Waals surface area (Å²) in [5, 5.41) is 0. The van der Waals surface area contributed by atoms with Gasteiger partial charge in [0, 0.05) is 12.6 Å². The molecule has 1 aromatic carbocycles. The first-order valence-electron chi connectivity index (χ1n) is 6.11. The third-order valence-corrected chi connectivity index (χ3v) is 3.45. The lowest BCUT2D eigenvalue weighted by Gasteiger charge is -2.34. The summed E-state index contributed by atoms with van der Waals surface area (Å²) in [4.78, 5) is 1.50. The minimum absolute atomic E-state index is 0.170. The van der Waals surface area contributed by atoms with Gasteiger partial charge >= 0.3 is 6.18 Å². The Balaban J connectivity index is 2.32. The quantitative estimate of drug-likeness (QED) is 0.903. The van der Waals surface area contributed by atoms with E-state index in [1.165, 1.54) is 17.0 Å². The first kappa shape index (κ1) is 13.4. The minimum Gasteiger partial charge on any atom is -0.329 e. The maximum atomic E-state index is 13.3. The molecule has 2 rings (SSSR count). The molecular formula is C13H17F3N2. The van der Waals surface area contributed by atoms with Crippen LogP contribution in [0.3, 0.4) is 0 Å². The van der Waals surface area contributed by atoms with Crippen molar-refractivity contribution in [2.24, 2.45) is 5.73 Å². The van der Waals surface area contributed by atoms with Gasteiger partial charge in [-0.1, -0.05) is 30.3 Å². The van der Waals surface area contributed by atoms with Crippen molar-refractivity contribution >= 4 is 0 Å². The molecule has 0 radical (unpaired) electrons. The Labute approximate surface area is 105 Å². The maximum Gasteiger partial charge on any atom is 0.408 e. The van der Waals surface area contributed by atoms with Gasteiger partial charge in [-0.05, 0) is 24.9 Å². The molecule has 1 aliphatic heterocycles. The van der Waals surface area contributed by atoms with Crippen LogP contribution in [0.15, 0.2) is 30.3 Å². The summed E-state index contributed by atoms with van der Waals surface area (Å²) in [6.07, 6.45) is -2.74. The first-order valence-corrected chi connectivity index (χ1v) is 6.11. The first-order chi connectivity index (χ1) is 8.54. The molecule has 0 amide bonds. The average molecular weight is 258 g/mol. The molecule has 0 bridgehead atoms. The van der Waals surface area contributed by atoms with Crippen LogP contribution in [0.4, 0.5) is 13.2 Å². The second-order valence-electron chi connectivity index (χ2n) is 4.62. The van der Waals surface area contributed by atoms with Crippen molar-refractivity contribution in [1.29, 1.82) is 0 Å². The molecule has 2 atom stereocenters. The van der Waals surface area contributed by atoms with E-state index in [0.717, 1.165) is 12.8 Å². The van der Waals surface area contributed by atoms with Crippen molar-refractivity contribution in [3.05, 3.63) is 35.9 Å². The lowest BCUT2D eigenvalue weighted by atomic mass is 10.0. The number of hydrogen-bond donors (Lipinski definition) is 1. The zero-order chi connectivity index (χ0) is 13.2. The summed E-state index contributed by atoms with van der Waals surface area (Å²) in [5.74, 6) is 0. The Morgan fingerprint density at radius 3 is 2.50 bits per heavy atom. The number of nitrogens with zero attached hydrogens (tertiary/aromatic N) is 1. The molecule has 1 saturated heterocycles. The third-order valence-electron chi connectivity index (χ3n) is 3.45. The van der Waals surface area contributed by atoms with Gasteiger partial charge in [-0.2, -0.15) is 13.2 Å². The van der Waals surface area contributed by atoms with Crippen LogP contribution >= 0.6 is 0 Å². The van der Waals surface area contributed by atoms with Gasteiger partial charge < -0.3 is 5.73 Å². The summed E-state index contributed by atoms with van der Waals surface area (Å²) in [5.41, 5.74) is 5.87. The van der Waals surface area contributed by atoms with Crippen LogP contribution in [0.5, 0.6) is 0 Å². The predicted octanol–water partition coefficient (Wildman–Crippen LogP) is 2.71. The number of hydrogen-bond acceptors (Lipinski definition) is 2. The van der Waals surface area contributed by atoms with E-state index >= 15 is 0 Å². The Bertz CT molecular complexity index is 378. The van der Waals surface area contributed by atoms with Crippen LogP contribution in [-0.2, 0) is 0 Å². The van der Waals surface area contributed by atoms with Crippen LogP contribution in [0.25, 0.3) is 0 Å². The standard InChI is InChI=1S/C13H17F3N2/c14-13(15,16)12(10-5-2-1-3-6-10)18-8-4-7-11(18)9-17/h1-3,5-6,11-12H,4,7-9,17H2. The molecule has 1 heterocycles. The van der Waals surface area contributed by atoms with Gasteiger partial charge in [-0.15, -0.1) is 0 Å². The second kappa shape index (κ2) is 5.28. The monoisotopic (exact) mass is 258 g/mol. The molecule has 100 valence electrons. The van der Waals surface area contributed by atoms with E-state index in [0.29, 0.717) is 12.1 Å². The molecule has 0 aromatic heterocycles. The Morgan fingerprint density at radius 2 is 1.94 bits per heavy atom. The molecule has 0 spiro atoms. The van der Waals surface area contributed by atoms with E-state index in [1.54, 1.807) is 18.2 Å². The fraction of sp³-hybridized carbons (Fsp3) is 0.538. The number of halogens is 3. The molecule has 2 unspecified atom stereocenters. The van der Waals surface area contributed by atoms with Gasteiger partial charge in [0.25, 0.3) is 0 Å². The van der Waals surface area contributed by atoms with Crippen molar-refractivity contribution in [3.8, 4) is 0 Å². The van der Waals surface area contributed by atoms with Crippen molar-refractivity contribution in [2.45, 2.75) is 31.1 Å². The van der Waals surface area contributed by atoms with Crippen LogP contribution in [0, 0.1) is 0 Å². The summed E-state index contributed by atoms with van der Waals surface area (Å²) in [6, 6.07) is 6.37. The lowest BCUT2D eigenvalue weighted by molar-refractivity contribution is -0.188. The fourth-order valence-electron chi connectivity index (χ4n) is 2.65. The Kier molecular flexibility index (Phi) is 3.92. The Hall–Kier alpha value is -1.07. The third kappa shape index (κ3) is 2.67. The van der Waals surface area contributed by atoms with Crippen LogP contribution in [-0.4, -0.2) is 30.2 Å². The van der Waals surface area contributed by atoms with E-state index < -0.39 is 12.2 Å². The Morgan fingerprint density at radius 1 is 1.28 bits per heavy atom. The van der Waals surface area contributed by atoms with Gasteiger partial charge in [0.15, 0.2) is 0 Å². The highest BCUT2D eigenvalue weighted by atomic mass is 19.4. The molecule has 2 nitrogen and oxygen atoms in total. The van der Waals surface area contributed by atoms with Gasteiger partial charge in [0.2, 0.25) is 0 Å². The lowest BCUT2D eigenvalue weighted by Crippen LogP contribution is -2.44. The van der Waals surface area contributed by atoms with Crippen molar-refractivity contribution in [1.82, 2.24) is 4.90 Å². The zero-order valence-electron chi connectivity index (χ0n) is 10.0. The fourth-order valence-corrected chi connectivity index (χ4v) is 2.65. The van der Waals surface area contributed by atoms with Crippen LogP contribution in [0.2, 0.25) is 0 Å². The summed E-state index contributed by atoms with van der Waals surface area (Å²) in [6.45, 7) is 0.736. The number of likely N-dealkylation sites (tertiary alicyclic amines) is 1. The van der Waals surface area contributed by atoms with E-state index in [-0.39, 0.29) is 12.6 Å². The predicted molar refractivity (Wildman–Crippen MR) is 64.0 cm³/mol. The molecule has 1 aromatic rings. The van der Waals surface area contributed by atoms with Crippen molar-refractivity contribution in [3.63, 3.8) is 0 Å². The minimum atomic E-state index is -4.26.